The summed E-state index contributed by atoms with van der Waals surface area (Å²) in [6.07, 6.45) is 2.54. The molecule has 0 saturated carbocycles. The molecule has 0 aromatic carbocycles. The highest BCUT2D eigenvalue weighted by Gasteiger charge is 2.31. The third kappa shape index (κ3) is 4.73. The Bertz CT molecular complexity index is 245. The van der Waals surface area contributed by atoms with Gasteiger partial charge in [-0.2, -0.15) is 0 Å². The van der Waals surface area contributed by atoms with Crippen LogP contribution in [0.1, 0.15) is 47.5 Å². The maximum Gasteiger partial charge on any atom is 0.0126 e. The smallest absolute Gasteiger partial charge is 0.0126 e. The van der Waals surface area contributed by atoms with Crippen molar-refractivity contribution in [3.8, 4) is 0 Å². The van der Waals surface area contributed by atoms with Crippen molar-refractivity contribution in [3.63, 3.8) is 0 Å². The van der Waals surface area contributed by atoms with E-state index < -0.39 is 0 Å². The van der Waals surface area contributed by atoms with Gasteiger partial charge in [0.05, 0.1) is 0 Å². The van der Waals surface area contributed by atoms with E-state index in [1.807, 2.05) is 0 Å². The molecule has 0 aromatic rings. The van der Waals surface area contributed by atoms with Gasteiger partial charge in [-0.1, -0.05) is 13.8 Å². The summed E-state index contributed by atoms with van der Waals surface area (Å²) in [6, 6.07) is 0. The number of nitrogens with zero attached hydrogens (tertiary/aromatic N) is 2. The van der Waals surface area contributed by atoms with Crippen LogP contribution in [0.15, 0.2) is 0 Å². The van der Waals surface area contributed by atoms with Crippen LogP contribution in [0.2, 0.25) is 0 Å². The molecule has 1 fully saturated rings. The third-order valence-electron chi connectivity index (χ3n) is 4.93. The van der Waals surface area contributed by atoms with E-state index in [9.17, 15) is 0 Å². The normalized spacial score (nSPS) is 19.9. The Morgan fingerprint density at radius 1 is 0.947 bits per heavy atom. The fourth-order valence-electron chi connectivity index (χ4n) is 3.21. The number of hydrogen-bond donors (Lipinski definition) is 1. The van der Waals surface area contributed by atoms with E-state index >= 15 is 0 Å². The number of hydrogen-bond acceptors (Lipinski definition) is 3. The Morgan fingerprint density at radius 3 is 1.84 bits per heavy atom. The number of rotatable bonds is 6. The van der Waals surface area contributed by atoms with E-state index in [-0.39, 0.29) is 0 Å². The highest BCUT2D eigenvalue weighted by molar-refractivity contribution is 4.87. The molecule has 1 saturated heterocycles. The molecule has 0 amide bonds. The van der Waals surface area contributed by atoms with E-state index in [1.165, 1.54) is 45.6 Å². The zero-order valence-corrected chi connectivity index (χ0v) is 14.1. The lowest BCUT2D eigenvalue weighted by atomic mass is 9.81. The average molecular weight is 269 g/mol. The maximum atomic E-state index is 3.40. The first-order valence-corrected chi connectivity index (χ1v) is 7.99. The van der Waals surface area contributed by atoms with Crippen molar-refractivity contribution < 1.29 is 0 Å². The van der Waals surface area contributed by atoms with Gasteiger partial charge in [0.25, 0.3) is 0 Å². The van der Waals surface area contributed by atoms with Crippen molar-refractivity contribution >= 4 is 0 Å². The molecule has 0 radical (unpaired) electrons. The van der Waals surface area contributed by atoms with Crippen molar-refractivity contribution in [1.82, 2.24) is 15.1 Å². The lowest BCUT2D eigenvalue weighted by molar-refractivity contribution is 0.0372. The standard InChI is InChI=1S/C16H35N3/c1-7-16(8-2,13-17-6)14-18-9-11-19(12-10-18)15(3,4)5/h17H,7-14H2,1-6H3. The Labute approximate surface area is 120 Å². The van der Waals surface area contributed by atoms with E-state index in [2.05, 4.69) is 56.8 Å². The van der Waals surface area contributed by atoms with Crippen LogP contribution in [-0.4, -0.2) is 61.7 Å². The van der Waals surface area contributed by atoms with Gasteiger partial charge in [-0.15, -0.1) is 0 Å². The highest BCUT2D eigenvalue weighted by atomic mass is 15.3. The molecular weight excluding hydrogens is 234 g/mol. The first kappa shape index (κ1) is 16.9. The topological polar surface area (TPSA) is 18.5 Å². The molecular formula is C16H35N3. The van der Waals surface area contributed by atoms with E-state index in [4.69, 9.17) is 0 Å². The van der Waals surface area contributed by atoms with Gasteiger partial charge in [0.1, 0.15) is 0 Å². The Balaban J connectivity index is 2.51. The molecule has 3 nitrogen and oxygen atoms in total. The van der Waals surface area contributed by atoms with Crippen molar-refractivity contribution in [2.75, 3.05) is 46.3 Å². The van der Waals surface area contributed by atoms with Crippen molar-refractivity contribution in [3.05, 3.63) is 0 Å². The summed E-state index contributed by atoms with van der Waals surface area (Å²) in [6.45, 7) is 18.9. The van der Waals surface area contributed by atoms with Crippen LogP contribution in [-0.2, 0) is 0 Å². The zero-order chi connectivity index (χ0) is 14.5. The third-order valence-corrected chi connectivity index (χ3v) is 4.93. The number of nitrogens with one attached hydrogen (secondary N) is 1. The predicted octanol–water partition coefficient (Wildman–Crippen LogP) is 2.43. The van der Waals surface area contributed by atoms with Gasteiger partial charge in [-0.3, -0.25) is 4.90 Å². The quantitative estimate of drug-likeness (QED) is 0.799. The zero-order valence-electron chi connectivity index (χ0n) is 14.1. The second kappa shape index (κ2) is 7.05. The molecule has 1 aliphatic heterocycles. The maximum absolute atomic E-state index is 3.40. The fourth-order valence-corrected chi connectivity index (χ4v) is 3.21. The monoisotopic (exact) mass is 269 g/mol. The van der Waals surface area contributed by atoms with Gasteiger partial charge < -0.3 is 10.2 Å². The molecule has 0 aliphatic carbocycles. The summed E-state index contributed by atoms with van der Waals surface area (Å²) in [5, 5.41) is 3.40. The first-order valence-electron chi connectivity index (χ1n) is 7.99. The van der Waals surface area contributed by atoms with Crippen LogP contribution in [0.25, 0.3) is 0 Å². The minimum absolute atomic E-state index is 0.323. The highest BCUT2D eigenvalue weighted by Crippen LogP contribution is 2.28. The average Bonchev–Trinajstić information content (AvgIpc) is 2.37. The lowest BCUT2D eigenvalue weighted by Crippen LogP contribution is -2.55. The summed E-state index contributed by atoms with van der Waals surface area (Å²) in [5.41, 5.74) is 0.780. The van der Waals surface area contributed by atoms with Gasteiger partial charge >= 0.3 is 0 Å². The minimum atomic E-state index is 0.323. The second-order valence-corrected chi connectivity index (χ2v) is 7.17. The Morgan fingerprint density at radius 2 is 1.47 bits per heavy atom. The summed E-state index contributed by atoms with van der Waals surface area (Å²) < 4.78 is 0. The molecule has 0 bridgehead atoms. The molecule has 19 heavy (non-hydrogen) atoms. The summed E-state index contributed by atoms with van der Waals surface area (Å²) in [7, 11) is 2.08. The predicted molar refractivity (Wildman–Crippen MR) is 84.7 cm³/mol. The van der Waals surface area contributed by atoms with Gasteiger partial charge in [-0.05, 0) is 46.1 Å². The first-order chi connectivity index (χ1) is 8.87. The number of piperazine rings is 1. The SMILES string of the molecule is CCC(CC)(CNC)CN1CCN(C(C)(C)C)CC1. The molecule has 114 valence electrons. The van der Waals surface area contributed by atoms with Crippen molar-refractivity contribution in [1.29, 1.82) is 0 Å². The Kier molecular flexibility index (Phi) is 6.28. The van der Waals surface area contributed by atoms with Gasteiger partial charge in [0, 0.05) is 44.8 Å². The Hall–Kier alpha value is -0.120. The second-order valence-electron chi connectivity index (χ2n) is 7.17. The van der Waals surface area contributed by atoms with Crippen LogP contribution in [0.5, 0.6) is 0 Å². The van der Waals surface area contributed by atoms with Crippen molar-refractivity contribution in [2.24, 2.45) is 5.41 Å². The van der Waals surface area contributed by atoms with Crippen LogP contribution in [0, 0.1) is 5.41 Å². The molecule has 1 heterocycles. The van der Waals surface area contributed by atoms with Gasteiger partial charge in [-0.25, -0.2) is 0 Å². The summed E-state index contributed by atoms with van der Waals surface area (Å²) in [5.74, 6) is 0. The molecule has 1 aliphatic rings. The summed E-state index contributed by atoms with van der Waals surface area (Å²) >= 11 is 0. The molecule has 0 spiro atoms. The molecule has 1 N–H and O–H groups in total. The van der Waals surface area contributed by atoms with E-state index in [0.29, 0.717) is 11.0 Å². The molecule has 0 unspecified atom stereocenters. The molecule has 0 atom stereocenters. The van der Waals surface area contributed by atoms with Crippen LogP contribution in [0.4, 0.5) is 0 Å². The van der Waals surface area contributed by atoms with Gasteiger partial charge in [0.15, 0.2) is 0 Å². The van der Waals surface area contributed by atoms with Gasteiger partial charge in [0.2, 0.25) is 0 Å². The lowest BCUT2D eigenvalue weighted by Gasteiger charge is -2.45. The van der Waals surface area contributed by atoms with E-state index in [0.717, 1.165) is 6.54 Å². The van der Waals surface area contributed by atoms with Crippen molar-refractivity contribution in [2.45, 2.75) is 53.0 Å². The summed E-state index contributed by atoms with van der Waals surface area (Å²) in [4.78, 5) is 5.29. The fraction of sp³-hybridized carbons (Fsp3) is 1.00. The van der Waals surface area contributed by atoms with Crippen LogP contribution in [0.3, 0.4) is 0 Å². The molecule has 1 rings (SSSR count). The largest absolute Gasteiger partial charge is 0.319 e. The molecule has 3 heteroatoms. The van der Waals surface area contributed by atoms with E-state index in [1.54, 1.807) is 0 Å². The minimum Gasteiger partial charge on any atom is -0.319 e. The molecule has 0 aromatic heterocycles. The van der Waals surface area contributed by atoms with Crippen LogP contribution >= 0.6 is 0 Å². The van der Waals surface area contributed by atoms with Crippen LogP contribution < -0.4 is 5.32 Å².